The van der Waals surface area contributed by atoms with Crippen LogP contribution in [0.2, 0.25) is 0 Å². The molecule has 1 aromatic carbocycles. The van der Waals surface area contributed by atoms with Crippen molar-refractivity contribution in [1.82, 2.24) is 9.55 Å². The second-order valence-electron chi connectivity index (χ2n) is 5.55. The number of oxime groups is 1. The van der Waals surface area contributed by atoms with Crippen molar-refractivity contribution in [3.63, 3.8) is 0 Å². The van der Waals surface area contributed by atoms with E-state index >= 15 is 0 Å². The Morgan fingerprint density at radius 2 is 2.12 bits per heavy atom. The molecular weight excluding hydrogens is 312 g/mol. The van der Waals surface area contributed by atoms with Crippen LogP contribution in [0.3, 0.4) is 0 Å². The summed E-state index contributed by atoms with van der Waals surface area (Å²) >= 11 is 0. The highest BCUT2D eigenvalue weighted by atomic mass is 19.1. The smallest absolute Gasteiger partial charge is 0.142 e. The van der Waals surface area contributed by atoms with Gasteiger partial charge in [-0.25, -0.2) is 13.8 Å². The van der Waals surface area contributed by atoms with Crippen LogP contribution in [0.1, 0.15) is 30.9 Å². The molecule has 3 rings (SSSR count). The molecule has 1 aromatic heterocycles. The van der Waals surface area contributed by atoms with E-state index in [1.165, 1.54) is 12.1 Å². The summed E-state index contributed by atoms with van der Waals surface area (Å²) in [5.41, 5.74) is 0.544. The van der Waals surface area contributed by atoms with Crippen LogP contribution in [0.5, 0.6) is 0 Å². The monoisotopic (exact) mass is 329 g/mol. The molecule has 1 heterocycles. The largest absolute Gasteiger partial charge is 0.396 e. The molecule has 1 aliphatic rings. The van der Waals surface area contributed by atoms with Gasteiger partial charge in [0.25, 0.3) is 0 Å². The van der Waals surface area contributed by atoms with Gasteiger partial charge >= 0.3 is 0 Å². The van der Waals surface area contributed by atoms with Crippen molar-refractivity contribution >= 4 is 5.71 Å². The lowest BCUT2D eigenvalue weighted by Crippen LogP contribution is -2.12. The van der Waals surface area contributed by atoms with Gasteiger partial charge in [0.1, 0.15) is 24.0 Å². The molecule has 0 unspecified atom stereocenters. The third-order valence-electron chi connectivity index (χ3n) is 3.55. The van der Waals surface area contributed by atoms with Crippen LogP contribution >= 0.6 is 0 Å². The SMILES string of the molecule is CCO/N=C(\Cn1ccnc1)c1cc(F)c(C#CC2CC2)c(F)c1. The molecule has 0 spiro atoms. The molecule has 124 valence electrons. The Hall–Kier alpha value is -2.68. The fourth-order valence-electron chi connectivity index (χ4n) is 2.13. The van der Waals surface area contributed by atoms with E-state index in [0.29, 0.717) is 24.4 Å². The fraction of sp³-hybridized carbons (Fsp3) is 0.333. The summed E-state index contributed by atoms with van der Waals surface area (Å²) in [7, 11) is 0. The van der Waals surface area contributed by atoms with Gasteiger partial charge in [0.2, 0.25) is 0 Å². The number of benzene rings is 1. The van der Waals surface area contributed by atoms with Crippen molar-refractivity contribution in [2.24, 2.45) is 11.1 Å². The summed E-state index contributed by atoms with van der Waals surface area (Å²) in [4.78, 5) is 9.02. The van der Waals surface area contributed by atoms with Gasteiger partial charge in [-0.1, -0.05) is 17.0 Å². The van der Waals surface area contributed by atoms with Gasteiger partial charge in [-0.15, -0.1) is 0 Å². The topological polar surface area (TPSA) is 39.4 Å². The minimum Gasteiger partial charge on any atom is -0.396 e. The van der Waals surface area contributed by atoms with Crippen molar-refractivity contribution in [1.29, 1.82) is 0 Å². The molecule has 2 aromatic rings. The summed E-state index contributed by atoms with van der Waals surface area (Å²) in [6.45, 7) is 2.45. The second-order valence-corrected chi connectivity index (χ2v) is 5.55. The first-order chi connectivity index (χ1) is 11.7. The summed E-state index contributed by atoms with van der Waals surface area (Å²) in [6, 6.07) is 2.49. The molecule has 0 saturated heterocycles. The number of hydrogen-bond acceptors (Lipinski definition) is 3. The molecule has 0 N–H and O–H groups in total. The molecule has 1 saturated carbocycles. The molecule has 0 aliphatic heterocycles. The minimum atomic E-state index is -0.687. The van der Waals surface area contributed by atoms with Gasteiger partial charge in [0, 0.05) is 23.9 Å². The average molecular weight is 329 g/mol. The summed E-state index contributed by atoms with van der Waals surface area (Å²) in [5.74, 6) is 4.39. The molecular formula is C18H17F2N3O. The van der Waals surface area contributed by atoms with Crippen LogP contribution in [0.15, 0.2) is 36.0 Å². The maximum absolute atomic E-state index is 14.3. The maximum atomic E-state index is 14.3. The van der Waals surface area contributed by atoms with Crippen LogP contribution in [0.4, 0.5) is 8.78 Å². The number of imidazole rings is 1. The Labute approximate surface area is 139 Å². The van der Waals surface area contributed by atoms with Crippen molar-refractivity contribution in [3.8, 4) is 11.8 Å². The molecule has 1 fully saturated rings. The van der Waals surface area contributed by atoms with Crippen molar-refractivity contribution in [3.05, 3.63) is 53.6 Å². The highest BCUT2D eigenvalue weighted by Gasteiger charge is 2.19. The molecule has 6 heteroatoms. The first-order valence-corrected chi connectivity index (χ1v) is 7.83. The third kappa shape index (κ3) is 3.99. The predicted molar refractivity (Wildman–Crippen MR) is 86.4 cm³/mol. The van der Waals surface area contributed by atoms with E-state index in [2.05, 4.69) is 22.0 Å². The van der Waals surface area contributed by atoms with Crippen molar-refractivity contribution < 1.29 is 13.6 Å². The maximum Gasteiger partial charge on any atom is 0.142 e. The zero-order valence-electron chi connectivity index (χ0n) is 13.3. The average Bonchev–Trinajstić information content (AvgIpc) is 3.24. The molecule has 0 radical (unpaired) electrons. The van der Waals surface area contributed by atoms with Crippen LogP contribution in [-0.4, -0.2) is 21.9 Å². The molecule has 24 heavy (non-hydrogen) atoms. The zero-order valence-corrected chi connectivity index (χ0v) is 13.3. The second kappa shape index (κ2) is 7.26. The molecule has 0 bridgehead atoms. The van der Waals surface area contributed by atoms with E-state index in [1.807, 2.05) is 0 Å². The fourth-order valence-corrected chi connectivity index (χ4v) is 2.13. The number of aromatic nitrogens is 2. The van der Waals surface area contributed by atoms with E-state index in [4.69, 9.17) is 4.84 Å². The lowest BCUT2D eigenvalue weighted by Gasteiger charge is -2.09. The summed E-state index contributed by atoms with van der Waals surface area (Å²) in [6.07, 6.45) is 6.97. The molecule has 0 atom stereocenters. The van der Waals surface area contributed by atoms with E-state index in [-0.39, 0.29) is 11.5 Å². The van der Waals surface area contributed by atoms with E-state index < -0.39 is 11.6 Å². The number of rotatable bonds is 5. The molecule has 1 aliphatic carbocycles. The highest BCUT2D eigenvalue weighted by molar-refractivity contribution is 6.00. The third-order valence-corrected chi connectivity index (χ3v) is 3.55. The van der Waals surface area contributed by atoms with Crippen LogP contribution in [-0.2, 0) is 11.4 Å². The standard InChI is InChI=1S/C18H17F2N3O/c1-2-24-22-18(11-23-8-7-21-12-23)14-9-16(19)15(17(20)10-14)6-5-13-3-4-13/h7-10,12-13H,2-4,11H2,1H3/b22-18+. The number of halogens is 2. The lowest BCUT2D eigenvalue weighted by atomic mass is 10.1. The van der Waals surface area contributed by atoms with Crippen molar-refractivity contribution in [2.45, 2.75) is 26.3 Å². The predicted octanol–water partition coefficient (Wildman–Crippen LogP) is 3.36. The first kappa shape index (κ1) is 16.2. The zero-order chi connectivity index (χ0) is 16.9. The van der Waals surface area contributed by atoms with Crippen LogP contribution in [0.25, 0.3) is 0 Å². The Kier molecular flexibility index (Phi) is 4.90. The van der Waals surface area contributed by atoms with Gasteiger partial charge < -0.3 is 9.40 Å². The Morgan fingerprint density at radius 1 is 1.38 bits per heavy atom. The minimum absolute atomic E-state index is 0.191. The number of hydrogen-bond donors (Lipinski definition) is 0. The number of nitrogens with zero attached hydrogens (tertiary/aromatic N) is 3. The van der Waals surface area contributed by atoms with Gasteiger partial charge in [-0.2, -0.15) is 0 Å². The Bertz CT molecular complexity index is 776. The van der Waals surface area contributed by atoms with E-state index in [0.717, 1.165) is 12.8 Å². The van der Waals surface area contributed by atoms with Crippen LogP contribution in [0, 0.1) is 29.4 Å². The van der Waals surface area contributed by atoms with Gasteiger partial charge in [0.05, 0.1) is 18.4 Å². The Morgan fingerprint density at radius 3 is 2.71 bits per heavy atom. The van der Waals surface area contributed by atoms with E-state index in [1.54, 1.807) is 30.2 Å². The van der Waals surface area contributed by atoms with Gasteiger partial charge in [-0.05, 0) is 31.9 Å². The first-order valence-electron chi connectivity index (χ1n) is 7.83. The Balaban J connectivity index is 1.91. The normalized spacial score (nSPS) is 14.2. The summed E-state index contributed by atoms with van der Waals surface area (Å²) in [5, 5.41) is 3.98. The van der Waals surface area contributed by atoms with Crippen LogP contribution < -0.4 is 0 Å². The molecule has 0 amide bonds. The van der Waals surface area contributed by atoms with Gasteiger partial charge in [0.15, 0.2) is 0 Å². The highest BCUT2D eigenvalue weighted by Crippen LogP contribution is 2.28. The lowest BCUT2D eigenvalue weighted by molar-refractivity contribution is 0.158. The van der Waals surface area contributed by atoms with Crippen molar-refractivity contribution in [2.75, 3.05) is 6.61 Å². The van der Waals surface area contributed by atoms with E-state index in [9.17, 15) is 8.78 Å². The summed E-state index contributed by atoms with van der Waals surface area (Å²) < 4.78 is 30.3. The quantitative estimate of drug-likeness (QED) is 0.479. The van der Waals surface area contributed by atoms with Gasteiger partial charge in [-0.3, -0.25) is 0 Å². The molecule has 4 nitrogen and oxygen atoms in total.